The lowest BCUT2D eigenvalue weighted by Gasteiger charge is -2.26. The fraction of sp³-hybridized carbons (Fsp3) is 0.733. The van der Waals surface area contributed by atoms with Crippen molar-refractivity contribution in [3.05, 3.63) is 18.0 Å². The summed E-state index contributed by atoms with van der Waals surface area (Å²) in [5, 5.41) is 3.29. The number of aromatic nitrogens is 2. The van der Waals surface area contributed by atoms with E-state index >= 15 is 0 Å². The van der Waals surface area contributed by atoms with Gasteiger partial charge in [-0.2, -0.15) is 0 Å². The Kier molecular flexibility index (Phi) is 7.47. The van der Waals surface area contributed by atoms with Gasteiger partial charge in [0.2, 0.25) is 5.95 Å². The first-order valence-electron chi connectivity index (χ1n) is 7.44. The van der Waals surface area contributed by atoms with Crippen LogP contribution in [0.25, 0.3) is 0 Å². The van der Waals surface area contributed by atoms with Crippen molar-refractivity contribution < 1.29 is 0 Å². The number of nitrogens with one attached hydrogen (secondary N) is 1. The average Bonchev–Trinajstić information content (AvgIpc) is 2.41. The molecule has 1 rings (SSSR count). The van der Waals surface area contributed by atoms with Crippen molar-refractivity contribution in [3.63, 3.8) is 0 Å². The van der Waals surface area contributed by atoms with Crippen LogP contribution in [0.15, 0.2) is 12.4 Å². The number of hydrogen-bond acceptors (Lipinski definition) is 5. The van der Waals surface area contributed by atoms with Gasteiger partial charge in [0.25, 0.3) is 0 Å². The quantitative estimate of drug-likeness (QED) is 0.744. The molecule has 0 aliphatic rings. The molecule has 0 atom stereocenters. The van der Waals surface area contributed by atoms with Crippen LogP contribution in [0.3, 0.4) is 0 Å². The zero-order valence-electron chi connectivity index (χ0n) is 13.6. The zero-order valence-corrected chi connectivity index (χ0v) is 13.6. The van der Waals surface area contributed by atoms with E-state index in [9.17, 15) is 0 Å². The van der Waals surface area contributed by atoms with Crippen molar-refractivity contribution in [1.29, 1.82) is 0 Å². The molecule has 1 N–H and O–H groups in total. The molecule has 0 bridgehead atoms. The zero-order chi connectivity index (χ0) is 15.0. The van der Waals surface area contributed by atoms with Gasteiger partial charge >= 0.3 is 0 Å². The summed E-state index contributed by atoms with van der Waals surface area (Å²) in [4.78, 5) is 13.5. The monoisotopic (exact) mass is 279 g/mol. The lowest BCUT2D eigenvalue weighted by atomic mass is 10.2. The maximum Gasteiger partial charge on any atom is 0.225 e. The van der Waals surface area contributed by atoms with Crippen LogP contribution in [0.4, 0.5) is 5.95 Å². The summed E-state index contributed by atoms with van der Waals surface area (Å²) in [7, 11) is 4.18. The van der Waals surface area contributed by atoms with Crippen LogP contribution in [0, 0.1) is 5.92 Å². The first-order valence-corrected chi connectivity index (χ1v) is 7.44. The molecule has 0 amide bonds. The van der Waals surface area contributed by atoms with Gasteiger partial charge in [0, 0.05) is 44.1 Å². The average molecular weight is 279 g/mol. The van der Waals surface area contributed by atoms with Gasteiger partial charge in [-0.3, -0.25) is 0 Å². The summed E-state index contributed by atoms with van der Waals surface area (Å²) in [5.74, 6) is 1.43. The van der Waals surface area contributed by atoms with Crippen LogP contribution >= 0.6 is 0 Å². The smallest absolute Gasteiger partial charge is 0.225 e. The van der Waals surface area contributed by atoms with Gasteiger partial charge in [0.15, 0.2) is 0 Å². The van der Waals surface area contributed by atoms with Gasteiger partial charge < -0.3 is 15.1 Å². The van der Waals surface area contributed by atoms with Crippen LogP contribution in [-0.4, -0.2) is 55.1 Å². The molecule has 0 saturated carbocycles. The van der Waals surface area contributed by atoms with E-state index in [1.807, 2.05) is 12.4 Å². The van der Waals surface area contributed by atoms with E-state index in [0.29, 0.717) is 5.92 Å². The standard InChI is InChI=1S/C15H29N5/c1-6-16-9-14-10-17-15(18-11-14)20(12-13(2)3)8-7-19(4)5/h10-11,13,16H,6-9,12H2,1-5H3. The van der Waals surface area contributed by atoms with Crippen LogP contribution in [0.2, 0.25) is 0 Å². The van der Waals surface area contributed by atoms with Crippen LogP contribution in [0.1, 0.15) is 26.3 Å². The predicted molar refractivity (Wildman–Crippen MR) is 85.0 cm³/mol. The van der Waals surface area contributed by atoms with Gasteiger partial charge in [-0.25, -0.2) is 9.97 Å². The molecule has 0 saturated heterocycles. The van der Waals surface area contributed by atoms with Crippen molar-refractivity contribution in [2.75, 3.05) is 45.2 Å². The second-order valence-corrected chi connectivity index (χ2v) is 5.81. The van der Waals surface area contributed by atoms with E-state index in [1.165, 1.54) is 0 Å². The largest absolute Gasteiger partial charge is 0.339 e. The first kappa shape index (κ1) is 16.9. The molecule has 0 radical (unpaired) electrons. The Morgan fingerprint density at radius 1 is 1.15 bits per heavy atom. The van der Waals surface area contributed by atoms with Crippen molar-refractivity contribution in [3.8, 4) is 0 Å². The summed E-state index contributed by atoms with van der Waals surface area (Å²) in [5.41, 5.74) is 1.13. The molecule has 0 spiro atoms. The Morgan fingerprint density at radius 3 is 2.30 bits per heavy atom. The molecule has 0 fully saturated rings. The van der Waals surface area contributed by atoms with Crippen molar-refractivity contribution in [1.82, 2.24) is 20.2 Å². The van der Waals surface area contributed by atoms with E-state index in [1.54, 1.807) is 0 Å². The fourth-order valence-electron chi connectivity index (χ4n) is 1.91. The van der Waals surface area contributed by atoms with Gasteiger partial charge in [-0.15, -0.1) is 0 Å². The molecule has 114 valence electrons. The Morgan fingerprint density at radius 2 is 1.80 bits per heavy atom. The molecule has 0 unspecified atom stereocenters. The van der Waals surface area contributed by atoms with Gasteiger partial charge in [-0.1, -0.05) is 20.8 Å². The Bertz CT molecular complexity index is 361. The molecule has 0 aliphatic carbocycles. The van der Waals surface area contributed by atoms with Crippen LogP contribution < -0.4 is 10.2 Å². The fourth-order valence-corrected chi connectivity index (χ4v) is 1.91. The highest BCUT2D eigenvalue weighted by Gasteiger charge is 2.11. The van der Waals surface area contributed by atoms with E-state index in [2.05, 4.69) is 60.0 Å². The van der Waals surface area contributed by atoms with Crippen molar-refractivity contribution in [2.45, 2.75) is 27.3 Å². The van der Waals surface area contributed by atoms with Crippen molar-refractivity contribution >= 4 is 5.95 Å². The van der Waals surface area contributed by atoms with Crippen molar-refractivity contribution in [2.24, 2.45) is 5.92 Å². The van der Waals surface area contributed by atoms with E-state index < -0.39 is 0 Å². The minimum Gasteiger partial charge on any atom is -0.339 e. The highest BCUT2D eigenvalue weighted by atomic mass is 15.3. The summed E-state index contributed by atoms with van der Waals surface area (Å²) < 4.78 is 0. The second-order valence-electron chi connectivity index (χ2n) is 5.81. The minimum atomic E-state index is 0.599. The van der Waals surface area contributed by atoms with Crippen LogP contribution in [0.5, 0.6) is 0 Å². The minimum absolute atomic E-state index is 0.599. The molecule has 0 aliphatic heterocycles. The number of anilines is 1. The molecule has 1 aromatic rings. The third kappa shape index (κ3) is 6.30. The lowest BCUT2D eigenvalue weighted by molar-refractivity contribution is 0.407. The highest BCUT2D eigenvalue weighted by molar-refractivity contribution is 5.30. The highest BCUT2D eigenvalue weighted by Crippen LogP contribution is 2.10. The predicted octanol–water partition coefficient (Wildman–Crippen LogP) is 1.61. The van der Waals surface area contributed by atoms with E-state index in [0.717, 1.165) is 44.2 Å². The Labute approximate surface area is 123 Å². The van der Waals surface area contributed by atoms with Gasteiger partial charge in [0.1, 0.15) is 0 Å². The molecule has 1 heterocycles. The SMILES string of the molecule is CCNCc1cnc(N(CCN(C)C)CC(C)C)nc1. The summed E-state index contributed by atoms with van der Waals surface area (Å²) in [6, 6.07) is 0. The summed E-state index contributed by atoms with van der Waals surface area (Å²) in [6.45, 7) is 11.3. The first-order chi connectivity index (χ1) is 9.52. The molecular weight excluding hydrogens is 250 g/mol. The molecule has 5 nitrogen and oxygen atoms in total. The topological polar surface area (TPSA) is 44.3 Å². The maximum absolute atomic E-state index is 4.52. The Hall–Kier alpha value is -1.20. The van der Waals surface area contributed by atoms with Crippen LogP contribution in [-0.2, 0) is 6.54 Å². The number of rotatable bonds is 9. The summed E-state index contributed by atoms with van der Waals surface area (Å²) in [6.07, 6.45) is 3.85. The second kappa shape index (κ2) is 8.87. The number of nitrogens with zero attached hydrogens (tertiary/aromatic N) is 4. The molecule has 1 aromatic heterocycles. The van der Waals surface area contributed by atoms with Gasteiger partial charge in [-0.05, 0) is 26.6 Å². The lowest BCUT2D eigenvalue weighted by Crippen LogP contribution is -2.35. The number of likely N-dealkylation sites (N-methyl/N-ethyl adjacent to an activating group) is 1. The third-order valence-corrected chi connectivity index (χ3v) is 2.96. The number of hydrogen-bond donors (Lipinski definition) is 1. The summed E-state index contributed by atoms with van der Waals surface area (Å²) >= 11 is 0. The van der Waals surface area contributed by atoms with E-state index in [-0.39, 0.29) is 0 Å². The van der Waals surface area contributed by atoms with Gasteiger partial charge in [0.05, 0.1) is 0 Å². The Balaban J connectivity index is 2.68. The molecular formula is C15H29N5. The molecule has 5 heteroatoms. The van der Waals surface area contributed by atoms with E-state index in [4.69, 9.17) is 0 Å². The third-order valence-electron chi connectivity index (χ3n) is 2.96. The molecule has 0 aromatic carbocycles. The maximum atomic E-state index is 4.52. The normalized spacial score (nSPS) is 11.3. The molecule has 20 heavy (non-hydrogen) atoms.